The topological polar surface area (TPSA) is 57.5 Å². The Kier molecular flexibility index (Phi) is 2.54. The number of rotatable bonds is 2. The van der Waals surface area contributed by atoms with Gasteiger partial charge in [0.15, 0.2) is 0 Å². The van der Waals surface area contributed by atoms with Gasteiger partial charge < -0.3 is 5.11 Å². The first-order valence-corrected chi connectivity index (χ1v) is 3.60. The Morgan fingerprint density at radius 2 is 2.12 bits per heavy atom. The van der Waals surface area contributed by atoms with Crippen LogP contribution in [0.2, 0.25) is 0 Å². The van der Waals surface area contributed by atoms with Gasteiger partial charge in [0.25, 0.3) is 5.34 Å². The van der Waals surface area contributed by atoms with Crippen molar-refractivity contribution < 1.29 is 14.6 Å². The number of hydrogen-bond donors (Lipinski definition) is 2. The van der Waals surface area contributed by atoms with Gasteiger partial charge >= 0.3 is 8.03 Å². The summed E-state index contributed by atoms with van der Waals surface area (Å²) in [5, 5.41) is 7.47. The third kappa shape index (κ3) is 1.86. The lowest BCUT2D eigenvalue weighted by atomic mass is 10.3. The molecule has 8 heavy (non-hydrogen) atoms. The van der Waals surface area contributed by atoms with E-state index in [-0.39, 0.29) is 0 Å². The number of hydrogen-bond acceptors (Lipinski definition) is 2. The summed E-state index contributed by atoms with van der Waals surface area (Å²) < 4.78 is 10.2. The van der Waals surface area contributed by atoms with Gasteiger partial charge in [-0.25, -0.2) is 0 Å². The van der Waals surface area contributed by atoms with Crippen molar-refractivity contribution in [2.24, 2.45) is 0 Å². The zero-order valence-electron chi connectivity index (χ0n) is 4.96. The highest BCUT2D eigenvalue weighted by molar-refractivity contribution is 7.39. The van der Waals surface area contributed by atoms with E-state index in [2.05, 4.69) is 0 Å². The molecule has 0 aliphatic carbocycles. The van der Waals surface area contributed by atoms with Gasteiger partial charge in [-0.1, -0.05) is 6.92 Å². The van der Waals surface area contributed by atoms with Crippen LogP contribution in [0.25, 0.3) is 0 Å². The van der Waals surface area contributed by atoms with Gasteiger partial charge in [-0.3, -0.25) is 0 Å². The molecular formula is C4H10O3P+. The molecule has 2 N–H and O–H groups in total. The molecule has 0 aromatic rings. The molecule has 0 amide bonds. The molecule has 3 nitrogen and oxygen atoms in total. The van der Waals surface area contributed by atoms with Gasteiger partial charge in [0, 0.05) is 13.3 Å². The van der Waals surface area contributed by atoms with E-state index >= 15 is 0 Å². The van der Waals surface area contributed by atoms with Crippen molar-refractivity contribution in [1.82, 2.24) is 0 Å². The van der Waals surface area contributed by atoms with Crippen molar-refractivity contribution in [3.63, 3.8) is 0 Å². The van der Waals surface area contributed by atoms with E-state index in [1.54, 1.807) is 6.92 Å². The van der Waals surface area contributed by atoms with Crippen molar-refractivity contribution in [2.75, 3.05) is 0 Å². The van der Waals surface area contributed by atoms with E-state index in [1.807, 2.05) is 0 Å². The molecule has 2 unspecified atom stereocenters. The normalized spacial score (nSPS) is 19.8. The Labute approximate surface area is 49.2 Å². The minimum Gasteiger partial charge on any atom is -0.346 e. The molecule has 0 aliphatic heterocycles. The van der Waals surface area contributed by atoms with E-state index in [4.69, 9.17) is 10.00 Å². The van der Waals surface area contributed by atoms with E-state index in [0.717, 1.165) is 0 Å². The molecule has 0 bridgehead atoms. The largest absolute Gasteiger partial charge is 0.540 e. The zero-order valence-corrected chi connectivity index (χ0v) is 5.85. The van der Waals surface area contributed by atoms with Crippen molar-refractivity contribution in [2.45, 2.75) is 25.6 Å². The standard InChI is InChI=1S/C4H9O3P/c1-3-4(2,5)8(6)7/h5H,3H2,1-2H3/p+1. The Morgan fingerprint density at radius 3 is 2.12 bits per heavy atom. The highest BCUT2D eigenvalue weighted by Gasteiger charge is 2.39. The van der Waals surface area contributed by atoms with Crippen molar-refractivity contribution in [3.8, 4) is 0 Å². The molecule has 0 radical (unpaired) electrons. The minimum atomic E-state index is -2.44. The van der Waals surface area contributed by atoms with Gasteiger partial charge in [-0.05, 0) is 4.57 Å². The Hall–Kier alpha value is 0.0200. The fourth-order valence-corrected chi connectivity index (χ4v) is 0.406. The van der Waals surface area contributed by atoms with Crippen LogP contribution in [-0.2, 0) is 4.57 Å². The van der Waals surface area contributed by atoms with Gasteiger partial charge in [0.2, 0.25) is 0 Å². The third-order valence-electron chi connectivity index (χ3n) is 1.08. The summed E-state index contributed by atoms with van der Waals surface area (Å²) in [6.45, 7) is 3.00. The quantitative estimate of drug-likeness (QED) is 0.554. The van der Waals surface area contributed by atoms with E-state index in [9.17, 15) is 4.57 Å². The van der Waals surface area contributed by atoms with Crippen LogP contribution in [0.5, 0.6) is 0 Å². The molecule has 0 fully saturated rings. The summed E-state index contributed by atoms with van der Waals surface area (Å²) in [5.74, 6) is 0. The van der Waals surface area contributed by atoms with Crippen LogP contribution in [0.3, 0.4) is 0 Å². The molecule has 0 rings (SSSR count). The monoisotopic (exact) mass is 137 g/mol. The van der Waals surface area contributed by atoms with Crippen molar-refractivity contribution in [3.05, 3.63) is 0 Å². The van der Waals surface area contributed by atoms with E-state index in [0.29, 0.717) is 6.42 Å². The maximum absolute atomic E-state index is 10.2. The maximum Gasteiger partial charge on any atom is 0.540 e. The molecule has 0 heterocycles. The lowest BCUT2D eigenvalue weighted by Gasteiger charge is -2.02. The Balaban J connectivity index is 3.91. The molecule has 0 aliphatic rings. The van der Waals surface area contributed by atoms with Crippen LogP contribution in [0.15, 0.2) is 0 Å². The van der Waals surface area contributed by atoms with E-state index in [1.165, 1.54) is 6.92 Å². The molecule has 0 spiro atoms. The number of aliphatic hydroxyl groups is 1. The highest BCUT2D eigenvalue weighted by Crippen LogP contribution is 2.34. The summed E-state index contributed by atoms with van der Waals surface area (Å²) in [5.41, 5.74) is 0. The lowest BCUT2D eigenvalue weighted by Crippen LogP contribution is -2.16. The highest BCUT2D eigenvalue weighted by atomic mass is 31.1. The van der Waals surface area contributed by atoms with Crippen LogP contribution in [0, 0.1) is 0 Å². The van der Waals surface area contributed by atoms with Gasteiger partial charge in [-0.2, -0.15) is 4.89 Å². The predicted octanol–water partition coefficient (Wildman–Crippen LogP) is 0.840. The second kappa shape index (κ2) is 2.53. The summed E-state index contributed by atoms with van der Waals surface area (Å²) in [6.07, 6.45) is 0.304. The average Bonchev–Trinajstić information content (AvgIpc) is 1.67. The summed E-state index contributed by atoms with van der Waals surface area (Å²) in [6, 6.07) is 0. The van der Waals surface area contributed by atoms with Crippen molar-refractivity contribution in [1.29, 1.82) is 0 Å². The smallest absolute Gasteiger partial charge is 0.346 e. The maximum atomic E-state index is 10.2. The summed E-state index contributed by atoms with van der Waals surface area (Å²) in [4.78, 5) is 8.34. The van der Waals surface area contributed by atoms with Crippen LogP contribution < -0.4 is 0 Å². The molecule has 0 aromatic heterocycles. The van der Waals surface area contributed by atoms with Crippen LogP contribution >= 0.6 is 8.03 Å². The van der Waals surface area contributed by atoms with Gasteiger partial charge in [-0.15, -0.1) is 0 Å². The molecule has 2 atom stereocenters. The molecule has 4 heteroatoms. The van der Waals surface area contributed by atoms with Crippen LogP contribution in [0.4, 0.5) is 0 Å². The fourth-order valence-electron chi connectivity index (χ4n) is 0.135. The summed E-state index contributed by atoms with van der Waals surface area (Å²) in [7, 11) is -2.44. The van der Waals surface area contributed by atoms with Crippen molar-refractivity contribution >= 4 is 8.03 Å². The first kappa shape index (κ1) is 8.02. The average molecular weight is 137 g/mol. The van der Waals surface area contributed by atoms with E-state index < -0.39 is 13.4 Å². The molecule has 0 aromatic carbocycles. The predicted molar refractivity (Wildman–Crippen MR) is 30.7 cm³/mol. The SMILES string of the molecule is CCC(C)(O)[P+](=O)O. The lowest BCUT2D eigenvalue weighted by molar-refractivity contribution is 0.131. The second-order valence-electron chi connectivity index (χ2n) is 1.84. The third-order valence-corrected chi connectivity index (χ3v) is 2.22. The van der Waals surface area contributed by atoms with Crippen LogP contribution in [0.1, 0.15) is 20.3 Å². The fraction of sp³-hybridized carbons (Fsp3) is 1.00. The van der Waals surface area contributed by atoms with Gasteiger partial charge in [0.05, 0.1) is 0 Å². The first-order valence-electron chi connectivity index (χ1n) is 2.39. The zero-order chi connectivity index (χ0) is 6.78. The molecule has 0 saturated carbocycles. The molecule has 0 saturated heterocycles. The molecular weight excluding hydrogens is 127 g/mol. The summed E-state index contributed by atoms with van der Waals surface area (Å²) >= 11 is 0. The van der Waals surface area contributed by atoms with Crippen LogP contribution in [-0.4, -0.2) is 15.3 Å². The molecule has 48 valence electrons. The first-order chi connectivity index (χ1) is 3.50. The van der Waals surface area contributed by atoms with Gasteiger partial charge in [0.1, 0.15) is 0 Å². The minimum absolute atomic E-state index is 0.304. The Bertz CT molecular complexity index is 99.5. The Morgan fingerprint density at radius 1 is 1.75 bits per heavy atom. The second-order valence-corrected chi connectivity index (χ2v) is 3.35.